The van der Waals surface area contributed by atoms with Gasteiger partial charge in [0.05, 0.1) is 6.10 Å². The molecule has 2 saturated carbocycles. The molecule has 4 rings (SSSR count). The van der Waals surface area contributed by atoms with Crippen LogP contribution in [0.1, 0.15) is 75.0 Å². The van der Waals surface area contributed by atoms with E-state index in [1.54, 1.807) is 0 Å². The lowest BCUT2D eigenvalue weighted by atomic mass is 9.55. The minimum absolute atomic E-state index is 0.104. The van der Waals surface area contributed by atoms with Gasteiger partial charge in [0.15, 0.2) is 0 Å². The smallest absolute Gasteiger partial charge is 0.123 e. The van der Waals surface area contributed by atoms with E-state index in [-0.39, 0.29) is 11.5 Å². The number of aliphatic hydroxyl groups is 1. The van der Waals surface area contributed by atoms with Gasteiger partial charge in [-0.1, -0.05) is 26.0 Å². The number of aliphatic hydroxyl groups excluding tert-OH is 1. The van der Waals surface area contributed by atoms with Crippen molar-refractivity contribution in [2.75, 3.05) is 0 Å². The number of hydrogen-bond acceptors (Lipinski definition) is 2. The van der Waals surface area contributed by atoms with Gasteiger partial charge in [0.25, 0.3) is 0 Å². The van der Waals surface area contributed by atoms with Crippen LogP contribution in [0.5, 0.6) is 5.75 Å². The number of benzene rings is 1. The maximum atomic E-state index is 10.5. The van der Waals surface area contributed by atoms with Gasteiger partial charge in [0.1, 0.15) is 5.75 Å². The van der Waals surface area contributed by atoms with Gasteiger partial charge in [-0.3, -0.25) is 0 Å². The lowest BCUT2D eigenvalue weighted by molar-refractivity contribution is -0.0226. The Labute approximate surface area is 145 Å². The van der Waals surface area contributed by atoms with Crippen LogP contribution in [0.3, 0.4) is 0 Å². The van der Waals surface area contributed by atoms with E-state index in [2.05, 4.69) is 32.1 Å². The molecule has 24 heavy (non-hydrogen) atoms. The summed E-state index contributed by atoms with van der Waals surface area (Å²) in [7, 11) is 0. The summed E-state index contributed by atoms with van der Waals surface area (Å²) >= 11 is 0. The third kappa shape index (κ3) is 2.34. The first-order valence-electron chi connectivity index (χ1n) is 9.75. The van der Waals surface area contributed by atoms with E-state index in [1.165, 1.54) is 30.4 Å². The largest absolute Gasteiger partial charge is 0.507 e. The van der Waals surface area contributed by atoms with Crippen molar-refractivity contribution in [1.29, 1.82) is 0 Å². The molecule has 0 amide bonds. The van der Waals surface area contributed by atoms with Crippen LogP contribution in [0.4, 0.5) is 0 Å². The average Bonchev–Trinajstić information content (AvgIpc) is 2.88. The summed E-state index contributed by atoms with van der Waals surface area (Å²) in [5.41, 5.74) is 3.93. The van der Waals surface area contributed by atoms with Crippen LogP contribution in [-0.2, 0) is 6.42 Å². The zero-order valence-electron chi connectivity index (χ0n) is 15.0. The van der Waals surface area contributed by atoms with E-state index in [1.807, 2.05) is 6.07 Å². The predicted molar refractivity (Wildman–Crippen MR) is 98.1 cm³/mol. The topological polar surface area (TPSA) is 40.5 Å². The van der Waals surface area contributed by atoms with Crippen LogP contribution in [0.2, 0.25) is 0 Å². The number of allylic oxidation sites excluding steroid dienone is 1. The quantitative estimate of drug-likeness (QED) is 0.800. The molecule has 2 heteroatoms. The summed E-state index contributed by atoms with van der Waals surface area (Å²) in [6.07, 6.45) is 11.8. The molecule has 0 bridgehead atoms. The molecule has 1 aromatic carbocycles. The van der Waals surface area contributed by atoms with E-state index < -0.39 is 0 Å². The molecule has 0 aromatic heterocycles. The lowest BCUT2D eigenvalue weighted by Gasteiger charge is -2.50. The lowest BCUT2D eigenvalue weighted by Crippen LogP contribution is -2.43. The highest BCUT2D eigenvalue weighted by molar-refractivity contribution is 5.60. The van der Waals surface area contributed by atoms with Gasteiger partial charge in [-0.2, -0.15) is 0 Å². The first-order chi connectivity index (χ1) is 11.5. The van der Waals surface area contributed by atoms with Gasteiger partial charge in [0.2, 0.25) is 0 Å². The van der Waals surface area contributed by atoms with E-state index in [9.17, 15) is 10.2 Å². The number of phenols is 1. The fourth-order valence-corrected chi connectivity index (χ4v) is 5.98. The van der Waals surface area contributed by atoms with Crippen molar-refractivity contribution in [3.63, 3.8) is 0 Å². The number of fused-ring (bicyclic) bond motifs is 5. The standard InChI is InChI=1S/C22H30O2/c1-3-4-5-15-12-18-14(13-20(15)23)6-7-17-16(18)10-11-22(2)19(17)8-9-21(22)24/h4-5,12-13,16-17,19,21,23-24H,3,6-11H2,1-2H3/b5-4+/t16-,17-,19+,21-,22+/m0/s1. The van der Waals surface area contributed by atoms with Gasteiger partial charge < -0.3 is 10.2 Å². The molecule has 5 atom stereocenters. The van der Waals surface area contributed by atoms with E-state index in [4.69, 9.17) is 0 Å². The van der Waals surface area contributed by atoms with Crippen molar-refractivity contribution in [2.24, 2.45) is 17.3 Å². The molecule has 130 valence electrons. The number of aromatic hydroxyl groups is 1. The summed E-state index contributed by atoms with van der Waals surface area (Å²) in [5, 5.41) is 20.8. The van der Waals surface area contributed by atoms with Crippen LogP contribution in [0.15, 0.2) is 18.2 Å². The van der Waals surface area contributed by atoms with E-state index >= 15 is 0 Å². The zero-order valence-corrected chi connectivity index (χ0v) is 15.0. The van der Waals surface area contributed by atoms with Crippen molar-refractivity contribution < 1.29 is 10.2 Å². The Balaban J connectivity index is 1.70. The molecule has 2 N–H and O–H groups in total. The summed E-state index contributed by atoms with van der Waals surface area (Å²) in [6, 6.07) is 4.26. The minimum Gasteiger partial charge on any atom is -0.507 e. The highest BCUT2D eigenvalue weighted by Crippen LogP contribution is 2.61. The maximum Gasteiger partial charge on any atom is 0.123 e. The molecule has 3 aliphatic rings. The fourth-order valence-electron chi connectivity index (χ4n) is 5.98. The SMILES string of the molecule is CC/C=C/c1cc2c(cc1O)CC[C@H]1[C@@H]2CC[C@]2(C)[C@@H]1CC[C@@H]2O. The number of hydrogen-bond donors (Lipinski definition) is 2. The van der Waals surface area contributed by atoms with E-state index in [0.717, 1.165) is 31.2 Å². The van der Waals surface area contributed by atoms with Gasteiger partial charge in [-0.05, 0) is 91.4 Å². The molecule has 0 saturated heterocycles. The summed E-state index contributed by atoms with van der Waals surface area (Å²) in [6.45, 7) is 4.45. The molecular weight excluding hydrogens is 296 g/mol. The first-order valence-corrected chi connectivity index (χ1v) is 9.75. The Morgan fingerprint density at radius 2 is 2.04 bits per heavy atom. The maximum absolute atomic E-state index is 10.5. The van der Waals surface area contributed by atoms with Crippen LogP contribution in [0.25, 0.3) is 6.08 Å². The van der Waals surface area contributed by atoms with Crippen molar-refractivity contribution in [2.45, 2.75) is 70.8 Å². The molecule has 0 radical (unpaired) electrons. The molecule has 0 aliphatic heterocycles. The highest BCUT2D eigenvalue weighted by Gasteiger charge is 2.54. The molecule has 0 unspecified atom stereocenters. The Bertz CT molecular complexity index is 662. The van der Waals surface area contributed by atoms with Gasteiger partial charge in [0, 0.05) is 5.56 Å². The second-order valence-electron chi connectivity index (χ2n) is 8.47. The van der Waals surface area contributed by atoms with Gasteiger partial charge in [-0.25, -0.2) is 0 Å². The molecule has 2 fully saturated rings. The van der Waals surface area contributed by atoms with Crippen molar-refractivity contribution in [3.8, 4) is 5.75 Å². The molecule has 3 aliphatic carbocycles. The van der Waals surface area contributed by atoms with Crippen LogP contribution in [-0.4, -0.2) is 16.3 Å². The second kappa shape index (κ2) is 5.91. The second-order valence-corrected chi connectivity index (χ2v) is 8.47. The van der Waals surface area contributed by atoms with Gasteiger partial charge >= 0.3 is 0 Å². The minimum atomic E-state index is -0.104. The van der Waals surface area contributed by atoms with Gasteiger partial charge in [-0.15, -0.1) is 0 Å². The monoisotopic (exact) mass is 326 g/mol. The van der Waals surface area contributed by atoms with Crippen LogP contribution >= 0.6 is 0 Å². The number of rotatable bonds is 2. The zero-order chi connectivity index (χ0) is 16.9. The predicted octanol–water partition coefficient (Wildman–Crippen LogP) is 5.03. The summed E-state index contributed by atoms with van der Waals surface area (Å²) < 4.78 is 0. The molecule has 0 heterocycles. The summed E-state index contributed by atoms with van der Waals surface area (Å²) in [4.78, 5) is 0. The first kappa shape index (κ1) is 16.2. The van der Waals surface area contributed by atoms with Crippen molar-refractivity contribution in [3.05, 3.63) is 34.9 Å². The average molecular weight is 326 g/mol. The van der Waals surface area contributed by atoms with Crippen LogP contribution in [0, 0.1) is 17.3 Å². The Morgan fingerprint density at radius 1 is 1.21 bits per heavy atom. The Hall–Kier alpha value is -1.28. The molecular formula is C22H30O2. The Morgan fingerprint density at radius 3 is 2.83 bits per heavy atom. The molecule has 1 aromatic rings. The van der Waals surface area contributed by atoms with Crippen LogP contribution < -0.4 is 0 Å². The highest BCUT2D eigenvalue weighted by atomic mass is 16.3. The van der Waals surface area contributed by atoms with Crippen molar-refractivity contribution >= 4 is 6.08 Å². The molecule has 0 spiro atoms. The molecule has 2 nitrogen and oxygen atoms in total. The number of phenolic OH excluding ortho intramolecular Hbond substituents is 1. The number of aryl methyl sites for hydroxylation is 1. The van der Waals surface area contributed by atoms with E-state index in [0.29, 0.717) is 23.5 Å². The third-order valence-corrected chi connectivity index (χ3v) is 7.36. The van der Waals surface area contributed by atoms with Crippen molar-refractivity contribution in [1.82, 2.24) is 0 Å². The third-order valence-electron chi connectivity index (χ3n) is 7.36. The fraction of sp³-hybridized carbons (Fsp3) is 0.636. The summed E-state index contributed by atoms with van der Waals surface area (Å²) in [5.74, 6) is 2.42. The Kier molecular flexibility index (Phi) is 3.99. The normalized spacial score (nSPS) is 38.0.